The van der Waals surface area contributed by atoms with Crippen molar-refractivity contribution in [1.29, 1.82) is 0 Å². The van der Waals surface area contributed by atoms with Gasteiger partial charge in [-0.3, -0.25) is 0 Å². The van der Waals surface area contributed by atoms with Crippen LogP contribution < -0.4 is 5.32 Å². The topological polar surface area (TPSA) is 12.0 Å². The number of aryl methyl sites for hydroxylation is 3. The maximum Gasteiger partial charge on any atom is 0.129 e. The molecule has 1 heterocycles. The lowest BCUT2D eigenvalue weighted by Gasteiger charge is -2.07. The van der Waals surface area contributed by atoms with E-state index in [1.807, 2.05) is 26.0 Å². The summed E-state index contributed by atoms with van der Waals surface area (Å²) < 4.78 is 14.7. The highest BCUT2D eigenvalue weighted by atomic mass is 79.9. The van der Waals surface area contributed by atoms with E-state index in [4.69, 9.17) is 0 Å². The first-order valence-corrected chi connectivity index (χ1v) is 7.79. The molecule has 0 atom stereocenters. The van der Waals surface area contributed by atoms with Gasteiger partial charge in [-0.2, -0.15) is 0 Å². The molecule has 0 saturated carbocycles. The highest BCUT2D eigenvalue weighted by molar-refractivity contribution is 9.10. The van der Waals surface area contributed by atoms with E-state index in [0.717, 1.165) is 18.7 Å². The van der Waals surface area contributed by atoms with Crippen LogP contribution in [0.15, 0.2) is 22.7 Å². The van der Waals surface area contributed by atoms with E-state index in [2.05, 4.69) is 34.2 Å². The molecule has 0 amide bonds. The molecule has 0 aliphatic rings. The van der Waals surface area contributed by atoms with Gasteiger partial charge < -0.3 is 5.32 Å². The summed E-state index contributed by atoms with van der Waals surface area (Å²) in [6.45, 7) is 7.32. The van der Waals surface area contributed by atoms with Gasteiger partial charge in [0, 0.05) is 27.3 Å². The van der Waals surface area contributed by atoms with Crippen LogP contribution in [0.25, 0.3) is 0 Å². The van der Waals surface area contributed by atoms with E-state index < -0.39 is 0 Å². The monoisotopic (exact) mass is 341 g/mol. The van der Waals surface area contributed by atoms with E-state index in [9.17, 15) is 4.39 Å². The van der Waals surface area contributed by atoms with Gasteiger partial charge in [-0.15, -0.1) is 11.3 Å². The predicted octanol–water partition coefficient (Wildman–Crippen LogP) is 4.86. The minimum atomic E-state index is -0.0958. The molecule has 0 aliphatic carbocycles. The van der Waals surface area contributed by atoms with Crippen LogP contribution in [0.1, 0.15) is 26.4 Å². The van der Waals surface area contributed by atoms with E-state index in [1.165, 1.54) is 14.2 Å². The molecule has 0 aliphatic heterocycles. The fraction of sp³-hybridized carbons (Fsp3) is 0.333. The third kappa shape index (κ3) is 3.65. The third-order valence-electron chi connectivity index (χ3n) is 3.03. The van der Waals surface area contributed by atoms with Gasteiger partial charge in [-0.25, -0.2) is 4.39 Å². The Morgan fingerprint density at radius 2 is 1.74 bits per heavy atom. The highest BCUT2D eigenvalue weighted by Crippen LogP contribution is 2.26. The number of halogens is 2. The van der Waals surface area contributed by atoms with E-state index in [1.54, 1.807) is 11.3 Å². The van der Waals surface area contributed by atoms with Crippen molar-refractivity contribution in [3.05, 3.63) is 54.9 Å². The average Bonchev–Trinajstić information content (AvgIpc) is 2.65. The first-order chi connectivity index (χ1) is 8.97. The van der Waals surface area contributed by atoms with Gasteiger partial charge in [0.2, 0.25) is 0 Å². The smallest absolute Gasteiger partial charge is 0.129 e. The molecule has 0 saturated heterocycles. The van der Waals surface area contributed by atoms with Crippen LogP contribution in [0.3, 0.4) is 0 Å². The van der Waals surface area contributed by atoms with Crippen LogP contribution in [0, 0.1) is 26.6 Å². The van der Waals surface area contributed by atoms with Crippen molar-refractivity contribution in [2.45, 2.75) is 33.9 Å². The first kappa shape index (κ1) is 14.7. The molecular formula is C15H17BrFNS. The Morgan fingerprint density at radius 1 is 1.11 bits per heavy atom. The highest BCUT2D eigenvalue weighted by Gasteiger charge is 2.05. The summed E-state index contributed by atoms with van der Waals surface area (Å²) >= 11 is 5.31. The Bertz CT molecular complexity index is 549. The fourth-order valence-electron chi connectivity index (χ4n) is 2.07. The van der Waals surface area contributed by atoms with Crippen molar-refractivity contribution in [3.8, 4) is 0 Å². The summed E-state index contributed by atoms with van der Waals surface area (Å²) in [6.07, 6.45) is 0. The zero-order chi connectivity index (χ0) is 14.0. The van der Waals surface area contributed by atoms with Crippen molar-refractivity contribution in [1.82, 2.24) is 5.32 Å². The van der Waals surface area contributed by atoms with Crippen molar-refractivity contribution < 1.29 is 4.39 Å². The van der Waals surface area contributed by atoms with Crippen LogP contribution in [0.2, 0.25) is 0 Å². The van der Waals surface area contributed by atoms with Gasteiger partial charge in [0.25, 0.3) is 0 Å². The molecule has 2 aromatic rings. The van der Waals surface area contributed by atoms with Crippen LogP contribution in [0.5, 0.6) is 0 Å². The summed E-state index contributed by atoms with van der Waals surface area (Å²) in [5, 5.41) is 3.40. The molecule has 102 valence electrons. The Morgan fingerprint density at radius 3 is 2.26 bits per heavy atom. The quantitative estimate of drug-likeness (QED) is 0.836. The Hall–Kier alpha value is -0.710. The fourth-order valence-corrected chi connectivity index (χ4v) is 3.64. The normalized spacial score (nSPS) is 11.0. The molecule has 0 fully saturated rings. The summed E-state index contributed by atoms with van der Waals surface area (Å²) in [5.41, 5.74) is 2.56. The molecule has 0 radical (unpaired) electrons. The molecule has 19 heavy (non-hydrogen) atoms. The lowest BCUT2D eigenvalue weighted by atomic mass is 10.1. The maximum atomic E-state index is 13.5. The van der Waals surface area contributed by atoms with Crippen molar-refractivity contribution >= 4 is 27.3 Å². The number of rotatable bonds is 4. The molecule has 1 aromatic heterocycles. The Labute approximate surface area is 126 Å². The van der Waals surface area contributed by atoms with Gasteiger partial charge in [0.1, 0.15) is 5.82 Å². The second-order valence-electron chi connectivity index (χ2n) is 4.76. The van der Waals surface area contributed by atoms with E-state index >= 15 is 0 Å². The second-order valence-corrected chi connectivity index (χ2v) is 6.96. The van der Waals surface area contributed by atoms with Gasteiger partial charge in [0.05, 0.1) is 0 Å². The van der Waals surface area contributed by atoms with Crippen LogP contribution in [-0.4, -0.2) is 0 Å². The van der Waals surface area contributed by atoms with E-state index in [-0.39, 0.29) is 5.82 Å². The van der Waals surface area contributed by atoms with Gasteiger partial charge in [0.15, 0.2) is 0 Å². The summed E-state index contributed by atoms with van der Waals surface area (Å²) in [4.78, 5) is 2.60. The van der Waals surface area contributed by atoms with Gasteiger partial charge in [-0.1, -0.05) is 12.1 Å². The third-order valence-corrected chi connectivity index (χ3v) is 5.17. The molecule has 0 unspecified atom stereocenters. The van der Waals surface area contributed by atoms with Gasteiger partial charge >= 0.3 is 0 Å². The number of hydrogen-bond donors (Lipinski definition) is 1. The zero-order valence-electron chi connectivity index (χ0n) is 11.3. The SMILES string of the molecule is Cc1cc(CNCc2cc(Br)c(C)s2)cc(C)c1F. The first-order valence-electron chi connectivity index (χ1n) is 6.18. The molecule has 1 N–H and O–H groups in total. The molecule has 0 bridgehead atoms. The van der Waals surface area contributed by atoms with Gasteiger partial charge in [-0.05, 0) is 59.5 Å². The summed E-state index contributed by atoms with van der Waals surface area (Å²) in [5.74, 6) is -0.0958. The zero-order valence-corrected chi connectivity index (χ0v) is 13.7. The minimum Gasteiger partial charge on any atom is -0.308 e. The molecule has 2 rings (SSSR count). The predicted molar refractivity (Wildman–Crippen MR) is 83.2 cm³/mol. The molecular weight excluding hydrogens is 325 g/mol. The molecule has 0 spiro atoms. The maximum absolute atomic E-state index is 13.5. The lowest BCUT2D eigenvalue weighted by Crippen LogP contribution is -2.12. The average molecular weight is 342 g/mol. The lowest BCUT2D eigenvalue weighted by molar-refractivity contribution is 0.606. The molecule has 4 heteroatoms. The van der Waals surface area contributed by atoms with Crippen molar-refractivity contribution in [2.75, 3.05) is 0 Å². The molecule has 1 aromatic carbocycles. The summed E-state index contributed by atoms with van der Waals surface area (Å²) in [6, 6.07) is 5.96. The number of nitrogens with one attached hydrogen (secondary N) is 1. The number of thiophene rings is 1. The van der Waals surface area contributed by atoms with Crippen molar-refractivity contribution in [3.63, 3.8) is 0 Å². The van der Waals surface area contributed by atoms with Crippen molar-refractivity contribution in [2.24, 2.45) is 0 Å². The van der Waals surface area contributed by atoms with Crippen LogP contribution in [-0.2, 0) is 13.1 Å². The van der Waals surface area contributed by atoms with Crippen LogP contribution in [0.4, 0.5) is 4.39 Å². The van der Waals surface area contributed by atoms with Crippen LogP contribution >= 0.6 is 27.3 Å². The Kier molecular flexibility index (Phi) is 4.76. The Balaban J connectivity index is 1.96. The van der Waals surface area contributed by atoms with E-state index in [0.29, 0.717) is 11.1 Å². The second kappa shape index (κ2) is 6.16. The number of hydrogen-bond acceptors (Lipinski definition) is 2. The standard InChI is InChI=1S/C15H17BrFNS/c1-9-4-12(5-10(2)15(9)17)7-18-8-13-6-14(16)11(3)19-13/h4-6,18H,7-8H2,1-3H3. The molecule has 1 nitrogen and oxygen atoms in total. The summed E-state index contributed by atoms with van der Waals surface area (Å²) in [7, 11) is 0. The number of benzene rings is 1. The largest absolute Gasteiger partial charge is 0.308 e. The minimum absolute atomic E-state index is 0.0958.